The molecule has 210 valence electrons. The zero-order valence-electron chi connectivity index (χ0n) is 22.0. The van der Waals surface area contributed by atoms with Crippen molar-refractivity contribution >= 4 is 17.6 Å². The number of aromatic carboxylic acids is 1. The molecule has 3 heterocycles. The Morgan fingerprint density at radius 3 is 2.35 bits per heavy atom. The maximum Gasteiger partial charge on any atom is 0.416 e. The molecule has 2 aliphatic heterocycles. The van der Waals surface area contributed by atoms with E-state index in [2.05, 4.69) is 10.00 Å². The zero-order chi connectivity index (χ0) is 28.0. The highest BCUT2D eigenvalue weighted by atomic mass is 19.4. The number of likely N-dealkylation sites (tertiary alicyclic amines) is 1. The maximum absolute atomic E-state index is 13.7. The number of carbonyl (C=O) groups excluding carboxylic acids is 1. The van der Waals surface area contributed by atoms with Crippen LogP contribution in [0, 0.1) is 0 Å². The van der Waals surface area contributed by atoms with Crippen LogP contribution in [0.2, 0.25) is 0 Å². The minimum absolute atomic E-state index is 0.126. The van der Waals surface area contributed by atoms with Crippen LogP contribution >= 0.6 is 0 Å². The Labute approximate surface area is 230 Å². The summed E-state index contributed by atoms with van der Waals surface area (Å²) in [6.07, 6.45) is 1.33. The van der Waals surface area contributed by atoms with Crippen LogP contribution in [0.1, 0.15) is 87.5 Å². The first-order valence-corrected chi connectivity index (χ1v) is 13.8. The van der Waals surface area contributed by atoms with Crippen molar-refractivity contribution in [2.75, 3.05) is 31.1 Å². The summed E-state index contributed by atoms with van der Waals surface area (Å²) in [5.41, 5.74) is 2.30. The van der Waals surface area contributed by atoms with E-state index in [1.54, 1.807) is 35.4 Å². The van der Waals surface area contributed by atoms with Crippen LogP contribution in [-0.4, -0.2) is 57.8 Å². The predicted octanol–water partition coefficient (Wildman–Crippen LogP) is 5.95. The van der Waals surface area contributed by atoms with E-state index in [0.717, 1.165) is 56.2 Å². The van der Waals surface area contributed by atoms with Crippen molar-refractivity contribution in [3.63, 3.8) is 0 Å². The third-order valence-corrected chi connectivity index (χ3v) is 8.48. The highest BCUT2D eigenvalue weighted by Crippen LogP contribution is 2.44. The Morgan fingerprint density at radius 1 is 0.900 bits per heavy atom. The number of rotatable bonds is 6. The van der Waals surface area contributed by atoms with E-state index in [-0.39, 0.29) is 41.5 Å². The van der Waals surface area contributed by atoms with Crippen LogP contribution in [0.25, 0.3) is 0 Å². The fraction of sp³-hybridized carbons (Fsp3) is 0.433. The molecule has 1 amide bonds. The number of halogens is 3. The molecule has 0 radical (unpaired) electrons. The van der Waals surface area contributed by atoms with E-state index >= 15 is 0 Å². The minimum Gasteiger partial charge on any atom is -0.478 e. The van der Waals surface area contributed by atoms with Gasteiger partial charge < -0.3 is 14.9 Å². The lowest BCUT2D eigenvalue weighted by molar-refractivity contribution is -0.138. The van der Waals surface area contributed by atoms with Gasteiger partial charge in [0, 0.05) is 43.7 Å². The van der Waals surface area contributed by atoms with Gasteiger partial charge in [-0.3, -0.25) is 9.48 Å². The maximum atomic E-state index is 13.7. The molecule has 1 unspecified atom stereocenters. The smallest absolute Gasteiger partial charge is 0.416 e. The van der Waals surface area contributed by atoms with Gasteiger partial charge in [0.2, 0.25) is 0 Å². The van der Waals surface area contributed by atoms with E-state index < -0.39 is 17.7 Å². The number of anilines is 1. The molecule has 0 bridgehead atoms. The average molecular weight is 553 g/mol. The minimum atomic E-state index is -4.43. The van der Waals surface area contributed by atoms with Crippen LogP contribution in [0.3, 0.4) is 0 Å². The number of piperidine rings is 1. The quantitative estimate of drug-likeness (QED) is 0.409. The Hall–Kier alpha value is -3.82. The average Bonchev–Trinajstić information content (AvgIpc) is 3.50. The van der Waals surface area contributed by atoms with E-state index in [9.17, 15) is 27.9 Å². The van der Waals surface area contributed by atoms with Gasteiger partial charge in [-0.15, -0.1) is 0 Å². The summed E-state index contributed by atoms with van der Waals surface area (Å²) in [6, 6.07) is 12.7. The van der Waals surface area contributed by atoms with E-state index in [0.29, 0.717) is 18.5 Å². The van der Waals surface area contributed by atoms with Crippen molar-refractivity contribution in [3.8, 4) is 0 Å². The number of carbonyl (C=O) groups is 2. The third kappa shape index (κ3) is 5.07. The molecule has 3 aromatic rings. The van der Waals surface area contributed by atoms with Gasteiger partial charge in [0.15, 0.2) is 0 Å². The summed E-state index contributed by atoms with van der Waals surface area (Å²) in [4.78, 5) is 28.9. The number of hydrogen-bond acceptors (Lipinski definition) is 4. The number of carboxylic acid groups (broad SMARTS) is 1. The topological polar surface area (TPSA) is 78.7 Å². The molecule has 1 N–H and O–H groups in total. The van der Waals surface area contributed by atoms with Crippen molar-refractivity contribution < 1.29 is 27.9 Å². The molecule has 2 saturated heterocycles. The van der Waals surface area contributed by atoms with Gasteiger partial charge in [0.25, 0.3) is 5.91 Å². The first-order chi connectivity index (χ1) is 19.2. The first kappa shape index (κ1) is 26.4. The van der Waals surface area contributed by atoms with Gasteiger partial charge in [-0.05, 0) is 61.9 Å². The molecule has 7 nitrogen and oxygen atoms in total. The van der Waals surface area contributed by atoms with E-state index in [4.69, 9.17) is 0 Å². The molecule has 1 aromatic heterocycles. The van der Waals surface area contributed by atoms with Crippen molar-refractivity contribution in [2.24, 2.45) is 0 Å². The lowest BCUT2D eigenvalue weighted by Gasteiger charge is -2.34. The summed E-state index contributed by atoms with van der Waals surface area (Å²) in [6.45, 7) is 2.16. The van der Waals surface area contributed by atoms with E-state index in [1.165, 1.54) is 12.1 Å². The Balaban J connectivity index is 1.17. The van der Waals surface area contributed by atoms with Crippen LogP contribution in [0.15, 0.2) is 54.7 Å². The summed E-state index contributed by atoms with van der Waals surface area (Å²) < 4.78 is 42.8. The van der Waals surface area contributed by atoms with Crippen LogP contribution in [0.4, 0.5) is 18.9 Å². The Kier molecular flexibility index (Phi) is 6.80. The van der Waals surface area contributed by atoms with Crippen molar-refractivity contribution in [2.45, 2.75) is 56.2 Å². The molecule has 1 aliphatic carbocycles. The lowest BCUT2D eigenvalue weighted by atomic mass is 9.93. The number of hydrogen-bond donors (Lipinski definition) is 1. The van der Waals surface area contributed by atoms with Crippen LogP contribution in [-0.2, 0) is 6.18 Å². The normalized spacial score (nSPS) is 20.2. The van der Waals surface area contributed by atoms with Gasteiger partial charge >= 0.3 is 12.1 Å². The molecular weight excluding hydrogens is 521 g/mol. The fourth-order valence-corrected chi connectivity index (χ4v) is 6.28. The number of amides is 1. The van der Waals surface area contributed by atoms with Gasteiger partial charge in [0.1, 0.15) is 0 Å². The summed E-state index contributed by atoms with van der Waals surface area (Å²) in [5.74, 6) is -1.18. The molecule has 40 heavy (non-hydrogen) atoms. The van der Waals surface area contributed by atoms with Gasteiger partial charge in [-0.1, -0.05) is 24.3 Å². The van der Waals surface area contributed by atoms with Crippen molar-refractivity contribution in [1.82, 2.24) is 14.7 Å². The molecule has 1 atom stereocenters. The van der Waals surface area contributed by atoms with E-state index in [1.807, 2.05) is 10.7 Å². The Bertz CT molecular complexity index is 1420. The summed E-state index contributed by atoms with van der Waals surface area (Å²) in [5, 5.41) is 14.0. The second-order valence-electron chi connectivity index (χ2n) is 11.1. The zero-order valence-corrected chi connectivity index (χ0v) is 22.0. The first-order valence-electron chi connectivity index (χ1n) is 13.8. The molecule has 2 aromatic carbocycles. The van der Waals surface area contributed by atoms with Gasteiger partial charge in [-0.2, -0.15) is 18.3 Å². The molecule has 10 heteroatoms. The van der Waals surface area contributed by atoms with Crippen LogP contribution in [0.5, 0.6) is 0 Å². The highest BCUT2D eigenvalue weighted by molar-refractivity contribution is 5.95. The molecule has 3 aliphatic rings. The lowest BCUT2D eigenvalue weighted by Crippen LogP contribution is -2.35. The second-order valence-corrected chi connectivity index (χ2v) is 11.1. The number of aromatic nitrogens is 2. The monoisotopic (exact) mass is 552 g/mol. The van der Waals surface area contributed by atoms with Gasteiger partial charge in [-0.25, -0.2) is 4.79 Å². The molecule has 6 rings (SSSR count). The summed E-state index contributed by atoms with van der Waals surface area (Å²) in [7, 11) is 0. The van der Waals surface area contributed by atoms with Gasteiger partial charge in [0.05, 0.1) is 34.6 Å². The Morgan fingerprint density at radius 2 is 1.65 bits per heavy atom. The SMILES string of the molecule is O=C(O)c1cccc(N2CCC(n3ncc(C(=O)N4CCC(c5ccccc5C(F)(F)F)C4)c3C3CC3)CC2)c1. The number of alkyl halides is 3. The molecule has 1 saturated carbocycles. The third-order valence-electron chi connectivity index (χ3n) is 8.48. The number of nitrogens with zero attached hydrogens (tertiary/aromatic N) is 4. The number of benzene rings is 2. The highest BCUT2D eigenvalue weighted by Gasteiger charge is 2.40. The second kappa shape index (κ2) is 10.3. The molecule has 3 fully saturated rings. The molecule has 0 spiro atoms. The number of carboxylic acids is 1. The predicted molar refractivity (Wildman–Crippen MR) is 143 cm³/mol. The van der Waals surface area contributed by atoms with Crippen molar-refractivity contribution in [3.05, 3.63) is 82.7 Å². The summed E-state index contributed by atoms with van der Waals surface area (Å²) >= 11 is 0. The standard InChI is InChI=1S/C30H31F3N4O3/c31-30(32,33)26-7-2-1-6-24(26)21-10-13-36(18-21)28(38)25-17-34-37(27(25)19-8-9-19)22-11-14-35(15-12-22)23-5-3-4-20(16-23)29(39)40/h1-7,16-17,19,21-22H,8-15,18H2,(H,39,40). The molecular formula is C30H31F3N4O3. The van der Waals surface area contributed by atoms with Crippen LogP contribution < -0.4 is 4.90 Å². The largest absolute Gasteiger partial charge is 0.478 e. The van der Waals surface area contributed by atoms with Crippen molar-refractivity contribution in [1.29, 1.82) is 0 Å². The fourth-order valence-electron chi connectivity index (χ4n) is 6.28.